The van der Waals surface area contributed by atoms with Gasteiger partial charge < -0.3 is 5.32 Å². The third-order valence-corrected chi connectivity index (χ3v) is 4.13. The molecule has 0 aromatic carbocycles. The number of allylic oxidation sites excluding steroid dienone is 3. The monoisotopic (exact) mass is 217 g/mol. The van der Waals surface area contributed by atoms with Crippen LogP contribution in [0.5, 0.6) is 0 Å². The fraction of sp³-hybridized carbons (Fsp3) is 0.538. The van der Waals surface area contributed by atoms with Gasteiger partial charge in [-0.15, -0.1) is 0 Å². The lowest BCUT2D eigenvalue weighted by Crippen LogP contribution is -2.53. The molecule has 3 nitrogen and oxygen atoms in total. The van der Waals surface area contributed by atoms with Crippen LogP contribution in [-0.4, -0.2) is 18.2 Å². The van der Waals surface area contributed by atoms with Gasteiger partial charge in [-0.1, -0.05) is 18.2 Å². The van der Waals surface area contributed by atoms with Gasteiger partial charge in [-0.05, 0) is 36.7 Å². The predicted octanol–water partition coefficient (Wildman–Crippen LogP) is 1.21. The molecule has 0 radical (unpaired) electrons. The molecule has 0 saturated carbocycles. The molecule has 0 spiro atoms. The smallest absolute Gasteiger partial charge is 0.224 e. The third kappa shape index (κ3) is 1.34. The summed E-state index contributed by atoms with van der Waals surface area (Å²) < 4.78 is 0. The Hall–Kier alpha value is -1.38. The van der Waals surface area contributed by atoms with Crippen molar-refractivity contribution in [1.29, 1.82) is 0 Å². The van der Waals surface area contributed by atoms with Crippen LogP contribution in [0.3, 0.4) is 0 Å². The first-order valence-corrected chi connectivity index (χ1v) is 5.92. The third-order valence-electron chi connectivity index (χ3n) is 4.13. The Balaban J connectivity index is 1.90. The van der Waals surface area contributed by atoms with E-state index in [9.17, 15) is 9.59 Å². The largest absolute Gasteiger partial charge is 0.349 e. The highest BCUT2D eigenvalue weighted by atomic mass is 16.2. The number of amides is 1. The molecule has 3 heteroatoms. The van der Waals surface area contributed by atoms with E-state index in [1.165, 1.54) is 0 Å². The van der Waals surface area contributed by atoms with E-state index < -0.39 is 0 Å². The van der Waals surface area contributed by atoms with E-state index in [0.717, 1.165) is 31.1 Å². The van der Waals surface area contributed by atoms with Crippen LogP contribution in [-0.2, 0) is 9.59 Å². The molecule has 1 saturated heterocycles. The Morgan fingerprint density at radius 1 is 1.44 bits per heavy atom. The van der Waals surface area contributed by atoms with Gasteiger partial charge in [0.1, 0.15) is 6.29 Å². The Labute approximate surface area is 94.6 Å². The quantitative estimate of drug-likeness (QED) is 0.530. The van der Waals surface area contributed by atoms with Crippen molar-refractivity contribution < 1.29 is 9.59 Å². The van der Waals surface area contributed by atoms with E-state index in [1.807, 2.05) is 6.08 Å². The molecule has 2 aliphatic carbocycles. The second-order valence-electron chi connectivity index (χ2n) is 4.94. The summed E-state index contributed by atoms with van der Waals surface area (Å²) in [7, 11) is 0. The summed E-state index contributed by atoms with van der Waals surface area (Å²) in [5, 5.41) is 3.04. The highest BCUT2D eigenvalue weighted by Gasteiger charge is 2.44. The molecule has 1 N–H and O–H groups in total. The molecular weight excluding hydrogens is 202 g/mol. The molecule has 4 atom stereocenters. The number of carbonyl (C=O) groups excluding carboxylic acids is 2. The van der Waals surface area contributed by atoms with Crippen molar-refractivity contribution >= 4 is 12.2 Å². The average Bonchev–Trinajstić information content (AvgIpc) is 2.78. The van der Waals surface area contributed by atoms with Crippen LogP contribution in [0.2, 0.25) is 0 Å². The molecule has 0 bridgehead atoms. The second-order valence-corrected chi connectivity index (χ2v) is 4.94. The Kier molecular flexibility index (Phi) is 2.20. The first kappa shape index (κ1) is 9.82. The van der Waals surface area contributed by atoms with Crippen LogP contribution in [0.25, 0.3) is 0 Å². The zero-order valence-electron chi connectivity index (χ0n) is 9.06. The van der Waals surface area contributed by atoms with Crippen LogP contribution in [0.4, 0.5) is 0 Å². The summed E-state index contributed by atoms with van der Waals surface area (Å²) in [6, 6.07) is 0.0745. The van der Waals surface area contributed by atoms with E-state index in [0.29, 0.717) is 11.8 Å². The van der Waals surface area contributed by atoms with Gasteiger partial charge in [0, 0.05) is 5.92 Å². The van der Waals surface area contributed by atoms with Gasteiger partial charge in [-0.25, -0.2) is 0 Å². The second kappa shape index (κ2) is 3.58. The normalized spacial score (nSPS) is 40.8. The highest BCUT2D eigenvalue weighted by Crippen LogP contribution is 2.41. The van der Waals surface area contributed by atoms with Gasteiger partial charge in [0.25, 0.3) is 0 Å². The van der Waals surface area contributed by atoms with Crippen LogP contribution >= 0.6 is 0 Å². The van der Waals surface area contributed by atoms with Crippen molar-refractivity contribution in [3.8, 4) is 0 Å². The summed E-state index contributed by atoms with van der Waals surface area (Å²) in [4.78, 5) is 22.6. The summed E-state index contributed by atoms with van der Waals surface area (Å²) in [6.45, 7) is 0. The number of aldehydes is 1. The lowest BCUT2D eigenvalue weighted by molar-refractivity contribution is -0.130. The lowest BCUT2D eigenvalue weighted by Gasteiger charge is -2.41. The van der Waals surface area contributed by atoms with E-state index >= 15 is 0 Å². The minimum atomic E-state index is 0.0745. The van der Waals surface area contributed by atoms with Crippen molar-refractivity contribution in [2.24, 2.45) is 17.8 Å². The summed E-state index contributed by atoms with van der Waals surface area (Å²) in [5.74, 6) is 1.18. The Morgan fingerprint density at radius 3 is 3.12 bits per heavy atom. The maximum Gasteiger partial charge on any atom is 0.224 e. The predicted molar refractivity (Wildman–Crippen MR) is 59.5 cm³/mol. The van der Waals surface area contributed by atoms with E-state index in [1.54, 1.807) is 0 Å². The number of piperidine rings is 1. The van der Waals surface area contributed by atoms with Gasteiger partial charge in [0.15, 0.2) is 0 Å². The minimum absolute atomic E-state index is 0.0745. The van der Waals surface area contributed by atoms with E-state index in [2.05, 4.69) is 17.5 Å². The van der Waals surface area contributed by atoms with Gasteiger partial charge in [-0.3, -0.25) is 9.59 Å². The molecule has 1 amide bonds. The number of hydrogen-bond donors (Lipinski definition) is 1. The first-order valence-electron chi connectivity index (χ1n) is 5.92. The molecule has 16 heavy (non-hydrogen) atoms. The van der Waals surface area contributed by atoms with Gasteiger partial charge in [0.05, 0.1) is 6.04 Å². The SMILES string of the molecule is O=CC1=CC2NC(=O)C3CC=CC3C2CC1. The zero-order valence-corrected chi connectivity index (χ0v) is 9.06. The number of rotatable bonds is 1. The number of hydrogen-bond acceptors (Lipinski definition) is 2. The number of nitrogens with one attached hydrogen (secondary N) is 1. The minimum Gasteiger partial charge on any atom is -0.349 e. The average molecular weight is 217 g/mol. The molecule has 84 valence electrons. The number of fused-ring (bicyclic) bond motifs is 3. The standard InChI is InChI=1S/C13H15NO2/c15-7-8-4-5-10-9-2-1-3-11(9)13(16)14-12(10)6-8/h1-2,6-7,9-12H,3-5H2,(H,14,16). The van der Waals surface area contributed by atoms with Crippen LogP contribution in [0.15, 0.2) is 23.8 Å². The Bertz CT molecular complexity index is 397. The van der Waals surface area contributed by atoms with Gasteiger partial charge >= 0.3 is 0 Å². The van der Waals surface area contributed by atoms with Crippen molar-refractivity contribution in [1.82, 2.24) is 5.32 Å². The van der Waals surface area contributed by atoms with Crippen LogP contribution < -0.4 is 5.32 Å². The van der Waals surface area contributed by atoms with Crippen molar-refractivity contribution in [3.05, 3.63) is 23.8 Å². The van der Waals surface area contributed by atoms with Gasteiger partial charge in [-0.2, -0.15) is 0 Å². The van der Waals surface area contributed by atoms with E-state index in [-0.39, 0.29) is 17.9 Å². The van der Waals surface area contributed by atoms with Crippen molar-refractivity contribution in [3.63, 3.8) is 0 Å². The highest BCUT2D eigenvalue weighted by molar-refractivity contribution is 5.82. The molecule has 1 heterocycles. The molecule has 1 fully saturated rings. The van der Waals surface area contributed by atoms with E-state index in [4.69, 9.17) is 0 Å². The molecular formula is C13H15NO2. The zero-order chi connectivity index (χ0) is 11.1. The maximum absolute atomic E-state index is 11.9. The van der Waals surface area contributed by atoms with Crippen LogP contribution in [0, 0.1) is 17.8 Å². The number of carbonyl (C=O) groups is 2. The maximum atomic E-state index is 11.9. The molecule has 3 rings (SSSR count). The molecule has 4 unspecified atom stereocenters. The molecule has 0 aromatic heterocycles. The summed E-state index contributed by atoms with van der Waals surface area (Å²) in [6.07, 6.45) is 9.93. The fourth-order valence-electron chi connectivity index (χ4n) is 3.30. The molecule has 1 aliphatic heterocycles. The first-order chi connectivity index (χ1) is 7.79. The Morgan fingerprint density at radius 2 is 2.31 bits per heavy atom. The topological polar surface area (TPSA) is 46.2 Å². The van der Waals surface area contributed by atoms with Crippen molar-refractivity contribution in [2.45, 2.75) is 25.3 Å². The van der Waals surface area contributed by atoms with Gasteiger partial charge in [0.2, 0.25) is 5.91 Å². The van der Waals surface area contributed by atoms with Crippen LogP contribution in [0.1, 0.15) is 19.3 Å². The summed E-state index contributed by atoms with van der Waals surface area (Å²) in [5.41, 5.74) is 0.835. The summed E-state index contributed by atoms with van der Waals surface area (Å²) >= 11 is 0. The molecule has 0 aromatic rings. The molecule has 3 aliphatic rings. The fourth-order valence-corrected chi connectivity index (χ4v) is 3.30. The van der Waals surface area contributed by atoms with Crippen molar-refractivity contribution in [2.75, 3.05) is 0 Å². The lowest BCUT2D eigenvalue weighted by atomic mass is 9.70.